The third-order valence-corrected chi connectivity index (χ3v) is 3.96. The maximum atomic E-state index is 10.6. The predicted molar refractivity (Wildman–Crippen MR) is 84.7 cm³/mol. The van der Waals surface area contributed by atoms with Crippen LogP contribution >= 0.6 is 15.9 Å². The van der Waals surface area contributed by atoms with Crippen LogP contribution in [0.2, 0.25) is 0 Å². The minimum atomic E-state index is -0.728. The van der Waals surface area contributed by atoms with Crippen molar-refractivity contribution in [3.05, 3.63) is 75.9 Å². The summed E-state index contributed by atoms with van der Waals surface area (Å²) in [6, 6.07) is 17.7. The fraction of sp³-hybridized carbons (Fsp3) is 0.118. The number of aliphatic hydroxyl groups excluding tert-OH is 1. The molecule has 3 aromatic rings. The molecule has 0 fully saturated rings. The SMILES string of the molecule is Cc1cccc(C(O)c2nc3ccccc3cc2Br)c1. The van der Waals surface area contributed by atoms with E-state index < -0.39 is 6.10 Å². The summed E-state index contributed by atoms with van der Waals surface area (Å²) in [6.45, 7) is 2.01. The van der Waals surface area contributed by atoms with Gasteiger partial charge in [-0.2, -0.15) is 0 Å². The molecule has 0 spiro atoms. The van der Waals surface area contributed by atoms with E-state index in [2.05, 4.69) is 20.9 Å². The second kappa shape index (κ2) is 5.35. The Morgan fingerprint density at radius 1 is 1.05 bits per heavy atom. The summed E-state index contributed by atoms with van der Waals surface area (Å²) in [5, 5.41) is 11.6. The number of hydrogen-bond donors (Lipinski definition) is 1. The summed E-state index contributed by atoms with van der Waals surface area (Å²) in [5.74, 6) is 0. The summed E-state index contributed by atoms with van der Waals surface area (Å²) < 4.78 is 0.824. The molecule has 1 atom stereocenters. The predicted octanol–water partition coefficient (Wildman–Crippen LogP) is 4.39. The van der Waals surface area contributed by atoms with Gasteiger partial charge in [-0.25, -0.2) is 4.98 Å². The molecule has 0 aliphatic rings. The molecule has 0 aliphatic heterocycles. The van der Waals surface area contributed by atoms with Gasteiger partial charge in [-0.1, -0.05) is 48.0 Å². The standard InChI is InChI=1S/C17H14BrNO/c1-11-5-4-7-13(9-11)17(20)16-14(18)10-12-6-2-3-8-15(12)19-16/h2-10,17,20H,1H3. The van der Waals surface area contributed by atoms with E-state index in [1.807, 2.05) is 61.5 Å². The minimum Gasteiger partial charge on any atom is -0.382 e. The normalized spacial score (nSPS) is 12.6. The molecular weight excluding hydrogens is 314 g/mol. The molecule has 1 heterocycles. The van der Waals surface area contributed by atoms with Crippen LogP contribution in [0.3, 0.4) is 0 Å². The van der Waals surface area contributed by atoms with Crippen molar-refractivity contribution in [2.45, 2.75) is 13.0 Å². The Labute approximate surface area is 126 Å². The number of nitrogens with zero attached hydrogens (tertiary/aromatic N) is 1. The maximum absolute atomic E-state index is 10.6. The molecule has 3 heteroatoms. The number of fused-ring (bicyclic) bond motifs is 1. The third kappa shape index (κ3) is 2.47. The van der Waals surface area contributed by atoms with Crippen molar-refractivity contribution >= 4 is 26.8 Å². The average Bonchev–Trinajstić information content (AvgIpc) is 2.46. The Balaban J connectivity index is 2.11. The molecule has 0 saturated carbocycles. The lowest BCUT2D eigenvalue weighted by atomic mass is 10.0. The fourth-order valence-corrected chi connectivity index (χ4v) is 2.85. The number of aryl methyl sites for hydroxylation is 1. The number of pyridine rings is 1. The Kier molecular flexibility index (Phi) is 3.55. The highest BCUT2D eigenvalue weighted by Crippen LogP contribution is 2.30. The van der Waals surface area contributed by atoms with Gasteiger partial charge in [0.1, 0.15) is 6.10 Å². The van der Waals surface area contributed by atoms with E-state index in [-0.39, 0.29) is 0 Å². The first kappa shape index (κ1) is 13.3. The highest BCUT2D eigenvalue weighted by Gasteiger charge is 2.16. The Hall–Kier alpha value is -1.71. The number of aliphatic hydroxyl groups is 1. The van der Waals surface area contributed by atoms with Gasteiger partial charge < -0.3 is 5.11 Å². The van der Waals surface area contributed by atoms with E-state index in [0.29, 0.717) is 5.69 Å². The van der Waals surface area contributed by atoms with Crippen molar-refractivity contribution in [1.29, 1.82) is 0 Å². The van der Waals surface area contributed by atoms with Crippen molar-refractivity contribution in [2.24, 2.45) is 0 Å². The van der Waals surface area contributed by atoms with Gasteiger partial charge >= 0.3 is 0 Å². The van der Waals surface area contributed by atoms with Gasteiger partial charge in [0.25, 0.3) is 0 Å². The summed E-state index contributed by atoms with van der Waals surface area (Å²) >= 11 is 3.51. The maximum Gasteiger partial charge on any atom is 0.122 e. The molecule has 0 amide bonds. The van der Waals surface area contributed by atoms with Gasteiger partial charge in [0, 0.05) is 9.86 Å². The molecule has 3 rings (SSSR count). The van der Waals surface area contributed by atoms with Crippen LogP contribution in [0.4, 0.5) is 0 Å². The molecule has 0 saturated heterocycles. The molecular formula is C17H14BrNO. The van der Waals surface area contributed by atoms with Crippen LogP contribution in [0, 0.1) is 6.92 Å². The van der Waals surface area contributed by atoms with Gasteiger partial charge in [0.05, 0.1) is 11.2 Å². The quantitative estimate of drug-likeness (QED) is 0.757. The number of rotatable bonds is 2. The molecule has 1 unspecified atom stereocenters. The molecule has 2 nitrogen and oxygen atoms in total. The third-order valence-electron chi connectivity index (χ3n) is 3.32. The molecule has 0 bridgehead atoms. The first-order chi connectivity index (χ1) is 9.65. The number of hydrogen-bond acceptors (Lipinski definition) is 2. The van der Waals surface area contributed by atoms with E-state index >= 15 is 0 Å². The number of aromatic nitrogens is 1. The van der Waals surface area contributed by atoms with Crippen LogP contribution in [0.1, 0.15) is 22.9 Å². The lowest BCUT2D eigenvalue weighted by Crippen LogP contribution is -2.04. The Bertz CT molecular complexity index is 770. The topological polar surface area (TPSA) is 33.1 Å². The van der Waals surface area contributed by atoms with E-state index in [0.717, 1.165) is 26.5 Å². The van der Waals surface area contributed by atoms with Crippen molar-refractivity contribution in [2.75, 3.05) is 0 Å². The molecule has 1 aromatic heterocycles. The Morgan fingerprint density at radius 2 is 1.85 bits per heavy atom. The lowest BCUT2D eigenvalue weighted by Gasteiger charge is -2.14. The summed E-state index contributed by atoms with van der Waals surface area (Å²) in [6.07, 6.45) is -0.728. The zero-order valence-corrected chi connectivity index (χ0v) is 12.6. The molecule has 0 radical (unpaired) electrons. The molecule has 0 aliphatic carbocycles. The van der Waals surface area contributed by atoms with E-state index in [4.69, 9.17) is 0 Å². The van der Waals surface area contributed by atoms with Crippen molar-refractivity contribution in [1.82, 2.24) is 4.98 Å². The van der Waals surface area contributed by atoms with Gasteiger partial charge in [-0.3, -0.25) is 0 Å². The van der Waals surface area contributed by atoms with Crippen LogP contribution in [0.5, 0.6) is 0 Å². The van der Waals surface area contributed by atoms with Gasteiger partial charge in [0.15, 0.2) is 0 Å². The average molecular weight is 328 g/mol. The highest BCUT2D eigenvalue weighted by molar-refractivity contribution is 9.10. The monoisotopic (exact) mass is 327 g/mol. The number of halogens is 1. The van der Waals surface area contributed by atoms with Crippen LogP contribution < -0.4 is 0 Å². The highest BCUT2D eigenvalue weighted by atomic mass is 79.9. The summed E-state index contributed by atoms with van der Waals surface area (Å²) in [7, 11) is 0. The number of para-hydroxylation sites is 1. The first-order valence-electron chi connectivity index (χ1n) is 6.45. The smallest absolute Gasteiger partial charge is 0.122 e. The van der Waals surface area contributed by atoms with Gasteiger partial charge in [0.2, 0.25) is 0 Å². The zero-order valence-electron chi connectivity index (χ0n) is 11.0. The minimum absolute atomic E-state index is 0.648. The van der Waals surface area contributed by atoms with Crippen LogP contribution in [0.15, 0.2) is 59.1 Å². The second-order valence-corrected chi connectivity index (χ2v) is 5.72. The molecule has 1 N–H and O–H groups in total. The second-order valence-electron chi connectivity index (χ2n) is 4.86. The van der Waals surface area contributed by atoms with Crippen LogP contribution in [0.25, 0.3) is 10.9 Å². The fourth-order valence-electron chi connectivity index (χ4n) is 2.29. The van der Waals surface area contributed by atoms with Crippen molar-refractivity contribution in [3.63, 3.8) is 0 Å². The molecule has 20 heavy (non-hydrogen) atoms. The lowest BCUT2D eigenvalue weighted by molar-refractivity contribution is 0.215. The van der Waals surface area contributed by atoms with E-state index in [9.17, 15) is 5.11 Å². The molecule has 100 valence electrons. The zero-order chi connectivity index (χ0) is 14.1. The van der Waals surface area contributed by atoms with Crippen molar-refractivity contribution < 1.29 is 5.11 Å². The van der Waals surface area contributed by atoms with E-state index in [1.165, 1.54) is 0 Å². The van der Waals surface area contributed by atoms with E-state index in [1.54, 1.807) is 0 Å². The summed E-state index contributed by atoms with van der Waals surface area (Å²) in [4.78, 5) is 4.58. The van der Waals surface area contributed by atoms with Crippen LogP contribution in [-0.4, -0.2) is 10.1 Å². The molecule has 2 aromatic carbocycles. The Morgan fingerprint density at radius 3 is 2.65 bits per heavy atom. The largest absolute Gasteiger partial charge is 0.382 e. The first-order valence-corrected chi connectivity index (χ1v) is 7.24. The summed E-state index contributed by atoms with van der Waals surface area (Å²) in [5.41, 5.74) is 3.51. The van der Waals surface area contributed by atoms with Gasteiger partial charge in [-0.05, 0) is 40.5 Å². The van der Waals surface area contributed by atoms with Crippen LogP contribution in [-0.2, 0) is 0 Å². The number of benzene rings is 2. The van der Waals surface area contributed by atoms with Gasteiger partial charge in [-0.15, -0.1) is 0 Å². The van der Waals surface area contributed by atoms with Crippen molar-refractivity contribution in [3.8, 4) is 0 Å².